The number of carbonyl (C=O) groups excluding carboxylic acids is 2. The predicted molar refractivity (Wildman–Crippen MR) is 116 cm³/mol. The lowest BCUT2D eigenvalue weighted by Gasteiger charge is -2.44. The maximum atomic E-state index is 13.5. The van der Waals surface area contributed by atoms with Crippen LogP contribution < -0.4 is 16.0 Å². The van der Waals surface area contributed by atoms with E-state index in [0.29, 0.717) is 25.9 Å². The van der Waals surface area contributed by atoms with Crippen molar-refractivity contribution in [2.45, 2.75) is 49.7 Å². The van der Waals surface area contributed by atoms with Crippen LogP contribution in [0, 0.1) is 11.8 Å². The minimum atomic E-state index is -4.56. The van der Waals surface area contributed by atoms with Crippen molar-refractivity contribution in [2.24, 2.45) is 17.6 Å². The molecule has 5 atom stereocenters. The van der Waals surface area contributed by atoms with Crippen LogP contribution in [0.2, 0.25) is 0 Å². The molecule has 3 fully saturated rings. The summed E-state index contributed by atoms with van der Waals surface area (Å²) in [4.78, 5) is 27.9. The van der Waals surface area contributed by atoms with E-state index in [9.17, 15) is 33.0 Å². The minimum absolute atomic E-state index is 0.0720. The molecule has 1 aliphatic carbocycles. The number of likely N-dealkylation sites (tertiary alicyclic amines) is 1. The fraction of sp³-hybridized carbons (Fsp3) is 0.571. The van der Waals surface area contributed by atoms with Crippen LogP contribution in [0.5, 0.6) is 0 Å². The number of nitrogens with one attached hydrogen (secondary N) is 1. The average Bonchev–Trinajstić information content (AvgIpc) is 3.12. The third kappa shape index (κ3) is 4.38. The van der Waals surface area contributed by atoms with Crippen molar-refractivity contribution in [3.63, 3.8) is 0 Å². The molecule has 8 nitrogen and oxygen atoms in total. The van der Waals surface area contributed by atoms with Gasteiger partial charge in [-0.3, -0.25) is 9.59 Å². The van der Waals surface area contributed by atoms with E-state index in [1.807, 2.05) is 0 Å². The number of hydrogen-bond donors (Lipinski definition) is 4. The predicted octanol–water partition coefficient (Wildman–Crippen LogP) is 0.603. The van der Waals surface area contributed by atoms with Gasteiger partial charge in [-0.05, 0) is 49.7 Å². The standard InChI is InChI=1S/C21H25F3N4O4S/c22-21(23,24)11-2-1-3-12(8-11)28-16-13(9-14(29)17(30)15(16)26-20(28)33)19(32)27-6-4-10(5-7-27)18(25)31/h1-3,8,10,13-17,29-30H,4-7,9H2,(H2,25,31)(H,26,33). The monoisotopic (exact) mass is 486 g/mol. The van der Waals surface area contributed by atoms with E-state index in [1.165, 1.54) is 17.0 Å². The molecule has 1 aromatic rings. The second-order valence-electron chi connectivity index (χ2n) is 8.79. The topological polar surface area (TPSA) is 119 Å². The molecule has 33 heavy (non-hydrogen) atoms. The Bertz CT molecular complexity index is 954. The molecule has 2 amide bonds. The van der Waals surface area contributed by atoms with E-state index in [-0.39, 0.29) is 29.0 Å². The summed E-state index contributed by atoms with van der Waals surface area (Å²) in [6, 6.07) is 2.98. The lowest BCUT2D eigenvalue weighted by atomic mass is 9.76. The smallest absolute Gasteiger partial charge is 0.390 e. The van der Waals surface area contributed by atoms with Crippen molar-refractivity contribution in [1.82, 2.24) is 10.2 Å². The number of aliphatic hydroxyl groups excluding tert-OH is 2. The zero-order valence-electron chi connectivity index (χ0n) is 17.5. The molecule has 2 heterocycles. The molecule has 4 rings (SSSR count). The molecule has 0 spiro atoms. The summed E-state index contributed by atoms with van der Waals surface area (Å²) in [6.07, 6.45) is -6.26. The molecule has 3 aliphatic rings. The summed E-state index contributed by atoms with van der Waals surface area (Å²) >= 11 is 5.37. The quantitative estimate of drug-likeness (QED) is 0.462. The zero-order valence-corrected chi connectivity index (χ0v) is 18.4. The number of primary amides is 1. The lowest BCUT2D eigenvalue weighted by molar-refractivity contribution is -0.144. The van der Waals surface area contributed by atoms with Crippen LogP contribution in [-0.4, -0.2) is 69.4 Å². The summed E-state index contributed by atoms with van der Waals surface area (Å²) in [5.74, 6) is -1.87. The first-order valence-electron chi connectivity index (χ1n) is 10.7. The van der Waals surface area contributed by atoms with Gasteiger partial charge >= 0.3 is 6.18 Å². The van der Waals surface area contributed by atoms with E-state index in [2.05, 4.69) is 5.32 Å². The normalized spacial score (nSPS) is 30.7. The SMILES string of the molecule is NC(=O)C1CCN(C(=O)C2CC(O)C(O)C3NC(=S)N(c4cccc(C(F)(F)F)c4)C23)CC1. The number of hydrogen-bond acceptors (Lipinski definition) is 5. The van der Waals surface area contributed by atoms with Crippen LogP contribution in [0.4, 0.5) is 18.9 Å². The number of anilines is 1. The Morgan fingerprint density at radius 1 is 1.18 bits per heavy atom. The molecule has 1 aromatic carbocycles. The molecule has 5 unspecified atom stereocenters. The molecule has 5 N–H and O–H groups in total. The van der Waals surface area contributed by atoms with Gasteiger partial charge in [-0.15, -0.1) is 0 Å². The molecule has 0 bridgehead atoms. The van der Waals surface area contributed by atoms with Gasteiger partial charge in [-0.2, -0.15) is 13.2 Å². The number of carbonyl (C=O) groups is 2. The lowest BCUT2D eigenvalue weighted by Crippen LogP contribution is -2.61. The summed E-state index contributed by atoms with van der Waals surface area (Å²) in [6.45, 7) is 0.612. The van der Waals surface area contributed by atoms with Crippen molar-refractivity contribution in [3.8, 4) is 0 Å². The number of rotatable bonds is 3. The second-order valence-corrected chi connectivity index (χ2v) is 9.17. The molecular formula is C21H25F3N4O4S. The van der Waals surface area contributed by atoms with E-state index in [4.69, 9.17) is 18.0 Å². The number of fused-ring (bicyclic) bond motifs is 1. The Morgan fingerprint density at radius 2 is 1.85 bits per heavy atom. The Balaban J connectivity index is 1.65. The third-order valence-electron chi connectivity index (χ3n) is 6.82. The Labute approximate surface area is 193 Å². The van der Waals surface area contributed by atoms with Gasteiger partial charge in [0, 0.05) is 24.7 Å². The van der Waals surface area contributed by atoms with Crippen LogP contribution in [0.3, 0.4) is 0 Å². The number of piperidine rings is 1. The highest BCUT2D eigenvalue weighted by molar-refractivity contribution is 7.80. The maximum Gasteiger partial charge on any atom is 0.416 e. The number of nitrogens with zero attached hydrogens (tertiary/aromatic N) is 2. The largest absolute Gasteiger partial charge is 0.416 e. The summed E-state index contributed by atoms with van der Waals surface area (Å²) in [7, 11) is 0. The fourth-order valence-corrected chi connectivity index (χ4v) is 5.44. The number of thiocarbonyl (C=S) groups is 1. The Morgan fingerprint density at radius 3 is 2.45 bits per heavy atom. The number of nitrogens with two attached hydrogens (primary N) is 1. The van der Waals surface area contributed by atoms with E-state index in [1.54, 1.807) is 4.90 Å². The molecule has 12 heteroatoms. The Hall–Kier alpha value is -2.44. The molecule has 2 aliphatic heterocycles. The van der Waals surface area contributed by atoms with Crippen molar-refractivity contribution < 1.29 is 33.0 Å². The summed E-state index contributed by atoms with van der Waals surface area (Å²) in [5.41, 5.74) is 4.64. The van der Waals surface area contributed by atoms with Crippen molar-refractivity contribution >= 4 is 34.8 Å². The molecule has 1 saturated carbocycles. The number of alkyl halides is 3. The van der Waals surface area contributed by atoms with E-state index < -0.39 is 47.9 Å². The first-order valence-corrected chi connectivity index (χ1v) is 11.1. The molecule has 180 valence electrons. The Kier molecular flexibility index (Phi) is 6.27. The highest BCUT2D eigenvalue weighted by atomic mass is 32.1. The first kappa shape index (κ1) is 23.7. The number of amides is 2. The fourth-order valence-electron chi connectivity index (χ4n) is 5.08. The van der Waals surface area contributed by atoms with Crippen molar-refractivity contribution in [3.05, 3.63) is 29.8 Å². The average molecular weight is 487 g/mol. The van der Waals surface area contributed by atoms with Gasteiger partial charge in [-0.1, -0.05) is 6.07 Å². The van der Waals surface area contributed by atoms with Crippen LogP contribution >= 0.6 is 12.2 Å². The van der Waals surface area contributed by atoms with Crippen molar-refractivity contribution in [1.29, 1.82) is 0 Å². The maximum absolute atomic E-state index is 13.5. The number of benzene rings is 1. The van der Waals surface area contributed by atoms with Gasteiger partial charge in [0.15, 0.2) is 5.11 Å². The van der Waals surface area contributed by atoms with Crippen molar-refractivity contribution in [2.75, 3.05) is 18.0 Å². The molecule has 0 aromatic heterocycles. The van der Waals surface area contributed by atoms with Crippen LogP contribution in [0.15, 0.2) is 24.3 Å². The van der Waals surface area contributed by atoms with Crippen LogP contribution in [0.1, 0.15) is 24.8 Å². The minimum Gasteiger partial charge on any atom is -0.390 e. The van der Waals surface area contributed by atoms with Gasteiger partial charge in [0.1, 0.15) is 6.10 Å². The number of halogens is 3. The van der Waals surface area contributed by atoms with E-state index >= 15 is 0 Å². The third-order valence-corrected chi connectivity index (χ3v) is 7.14. The van der Waals surface area contributed by atoms with Crippen LogP contribution in [0.25, 0.3) is 0 Å². The number of aliphatic hydroxyl groups is 2. The molecule has 2 saturated heterocycles. The van der Waals surface area contributed by atoms with Gasteiger partial charge in [0.2, 0.25) is 11.8 Å². The van der Waals surface area contributed by atoms with Gasteiger partial charge in [0.25, 0.3) is 0 Å². The first-order chi connectivity index (χ1) is 15.5. The van der Waals surface area contributed by atoms with Crippen LogP contribution in [-0.2, 0) is 15.8 Å². The molecule has 0 radical (unpaired) electrons. The van der Waals surface area contributed by atoms with E-state index in [0.717, 1.165) is 12.1 Å². The summed E-state index contributed by atoms with van der Waals surface area (Å²) in [5, 5.41) is 23.9. The van der Waals surface area contributed by atoms with Gasteiger partial charge in [0.05, 0.1) is 29.7 Å². The zero-order chi connectivity index (χ0) is 24.1. The molecular weight excluding hydrogens is 461 g/mol. The second kappa shape index (κ2) is 8.73. The highest BCUT2D eigenvalue weighted by Crippen LogP contribution is 2.39. The summed E-state index contributed by atoms with van der Waals surface area (Å²) < 4.78 is 39.9. The van der Waals surface area contributed by atoms with Gasteiger partial charge < -0.3 is 31.1 Å². The van der Waals surface area contributed by atoms with Gasteiger partial charge in [-0.25, -0.2) is 0 Å². The highest BCUT2D eigenvalue weighted by Gasteiger charge is 2.55.